The third-order valence-corrected chi connectivity index (χ3v) is 3.17. The van der Waals surface area contributed by atoms with Crippen molar-refractivity contribution >= 4 is 17.8 Å². The monoisotopic (exact) mass is 307 g/mol. The SMILES string of the molecule is CCOC(=O)C(C(C)=O)C(NC(=O)OC)c1cccc(C)c1. The second kappa shape index (κ2) is 8.17. The Kier molecular flexibility index (Phi) is 6.56. The van der Waals surface area contributed by atoms with Crippen molar-refractivity contribution in [3.8, 4) is 0 Å². The van der Waals surface area contributed by atoms with Gasteiger partial charge in [-0.25, -0.2) is 4.79 Å². The third kappa shape index (κ3) is 4.58. The van der Waals surface area contributed by atoms with E-state index in [-0.39, 0.29) is 12.4 Å². The van der Waals surface area contributed by atoms with Gasteiger partial charge in [0.1, 0.15) is 11.7 Å². The van der Waals surface area contributed by atoms with Gasteiger partial charge in [-0.05, 0) is 26.3 Å². The Morgan fingerprint density at radius 3 is 2.45 bits per heavy atom. The number of rotatable bonds is 6. The smallest absolute Gasteiger partial charge is 0.407 e. The van der Waals surface area contributed by atoms with E-state index in [1.807, 2.05) is 13.0 Å². The Balaban J connectivity index is 3.24. The molecular weight excluding hydrogens is 286 g/mol. The van der Waals surface area contributed by atoms with Gasteiger partial charge in [-0.1, -0.05) is 29.8 Å². The van der Waals surface area contributed by atoms with Crippen LogP contribution in [0.1, 0.15) is 31.0 Å². The van der Waals surface area contributed by atoms with Crippen LogP contribution in [-0.2, 0) is 19.1 Å². The summed E-state index contributed by atoms with van der Waals surface area (Å²) in [6, 6.07) is 6.37. The Labute approximate surface area is 129 Å². The first-order valence-corrected chi connectivity index (χ1v) is 6.98. The van der Waals surface area contributed by atoms with Gasteiger partial charge in [-0.2, -0.15) is 0 Å². The van der Waals surface area contributed by atoms with E-state index in [2.05, 4.69) is 10.1 Å². The lowest BCUT2D eigenvalue weighted by Crippen LogP contribution is -2.40. The minimum Gasteiger partial charge on any atom is -0.465 e. The number of alkyl carbamates (subject to hydrolysis) is 1. The number of ketones is 1. The van der Waals surface area contributed by atoms with Crippen LogP contribution in [0.4, 0.5) is 4.79 Å². The molecule has 0 saturated carbocycles. The Hall–Kier alpha value is -2.37. The van der Waals surface area contributed by atoms with E-state index in [1.54, 1.807) is 25.1 Å². The van der Waals surface area contributed by atoms with Crippen LogP contribution in [0.15, 0.2) is 24.3 Å². The number of aryl methyl sites for hydroxylation is 1. The Morgan fingerprint density at radius 2 is 1.95 bits per heavy atom. The number of esters is 1. The highest BCUT2D eigenvalue weighted by Crippen LogP contribution is 2.25. The predicted octanol–water partition coefficient (Wildman–Crippen LogP) is 2.16. The summed E-state index contributed by atoms with van der Waals surface area (Å²) in [5, 5.41) is 2.55. The first-order chi connectivity index (χ1) is 10.4. The van der Waals surface area contributed by atoms with Crippen LogP contribution in [0.25, 0.3) is 0 Å². The summed E-state index contributed by atoms with van der Waals surface area (Å²) in [5.74, 6) is -2.18. The summed E-state index contributed by atoms with van der Waals surface area (Å²) in [6.45, 7) is 4.99. The number of nitrogens with one attached hydrogen (secondary N) is 1. The molecule has 0 fully saturated rings. The van der Waals surface area contributed by atoms with Gasteiger partial charge in [0.05, 0.1) is 19.8 Å². The van der Waals surface area contributed by atoms with E-state index < -0.39 is 24.0 Å². The van der Waals surface area contributed by atoms with Crippen LogP contribution in [0.2, 0.25) is 0 Å². The van der Waals surface area contributed by atoms with Gasteiger partial charge in [0.25, 0.3) is 0 Å². The maximum Gasteiger partial charge on any atom is 0.407 e. The molecule has 0 heterocycles. The molecule has 6 heteroatoms. The second-order valence-corrected chi connectivity index (χ2v) is 4.87. The van der Waals surface area contributed by atoms with Crippen LogP contribution < -0.4 is 5.32 Å². The molecule has 22 heavy (non-hydrogen) atoms. The van der Waals surface area contributed by atoms with E-state index in [9.17, 15) is 14.4 Å². The minimum absolute atomic E-state index is 0.154. The molecule has 1 aromatic carbocycles. The van der Waals surface area contributed by atoms with E-state index in [1.165, 1.54) is 14.0 Å². The molecule has 6 nitrogen and oxygen atoms in total. The molecule has 1 rings (SSSR count). The molecule has 2 unspecified atom stereocenters. The lowest BCUT2D eigenvalue weighted by atomic mass is 9.89. The molecule has 0 aromatic heterocycles. The van der Waals surface area contributed by atoms with Crippen LogP contribution in [0.3, 0.4) is 0 Å². The molecule has 120 valence electrons. The lowest BCUT2D eigenvalue weighted by Gasteiger charge is -2.25. The minimum atomic E-state index is -1.12. The molecule has 1 N–H and O–H groups in total. The first kappa shape index (κ1) is 17.7. The molecule has 0 spiro atoms. The zero-order valence-electron chi connectivity index (χ0n) is 13.2. The van der Waals surface area contributed by atoms with E-state index >= 15 is 0 Å². The highest BCUT2D eigenvalue weighted by molar-refractivity contribution is 5.99. The summed E-state index contributed by atoms with van der Waals surface area (Å²) in [5.41, 5.74) is 1.58. The molecule has 0 saturated heterocycles. The number of ether oxygens (including phenoxy) is 2. The molecule has 1 aromatic rings. The van der Waals surface area contributed by atoms with Gasteiger partial charge in [0, 0.05) is 0 Å². The summed E-state index contributed by atoms with van der Waals surface area (Å²) < 4.78 is 9.55. The Morgan fingerprint density at radius 1 is 1.27 bits per heavy atom. The van der Waals surface area contributed by atoms with Gasteiger partial charge < -0.3 is 14.8 Å². The summed E-state index contributed by atoms with van der Waals surface area (Å²) >= 11 is 0. The van der Waals surface area contributed by atoms with Crippen molar-refractivity contribution in [3.63, 3.8) is 0 Å². The average Bonchev–Trinajstić information content (AvgIpc) is 2.46. The van der Waals surface area contributed by atoms with Crippen molar-refractivity contribution in [2.75, 3.05) is 13.7 Å². The average molecular weight is 307 g/mol. The van der Waals surface area contributed by atoms with Crippen LogP contribution in [-0.4, -0.2) is 31.6 Å². The lowest BCUT2D eigenvalue weighted by molar-refractivity contribution is -0.152. The molecule has 0 bridgehead atoms. The number of carbonyl (C=O) groups excluding carboxylic acids is 3. The van der Waals surface area contributed by atoms with E-state index in [4.69, 9.17) is 4.74 Å². The largest absolute Gasteiger partial charge is 0.465 e. The quantitative estimate of drug-likeness (QED) is 0.643. The first-order valence-electron chi connectivity index (χ1n) is 6.98. The van der Waals surface area contributed by atoms with Gasteiger partial charge >= 0.3 is 12.1 Å². The molecule has 0 radical (unpaired) electrons. The summed E-state index contributed by atoms with van der Waals surface area (Å²) in [7, 11) is 1.22. The second-order valence-electron chi connectivity index (χ2n) is 4.87. The van der Waals surface area contributed by atoms with Crippen molar-refractivity contribution in [1.29, 1.82) is 0 Å². The van der Waals surface area contributed by atoms with Crippen molar-refractivity contribution in [3.05, 3.63) is 35.4 Å². The number of methoxy groups -OCH3 is 1. The fourth-order valence-electron chi connectivity index (χ4n) is 2.18. The molecule has 0 aliphatic rings. The predicted molar refractivity (Wildman–Crippen MR) is 80.3 cm³/mol. The number of hydrogen-bond donors (Lipinski definition) is 1. The van der Waals surface area contributed by atoms with Crippen LogP contribution in [0.5, 0.6) is 0 Å². The summed E-state index contributed by atoms with van der Waals surface area (Å²) in [4.78, 5) is 35.6. The van der Waals surface area contributed by atoms with Crippen molar-refractivity contribution in [2.24, 2.45) is 5.92 Å². The zero-order chi connectivity index (χ0) is 16.7. The fourth-order valence-corrected chi connectivity index (χ4v) is 2.18. The van der Waals surface area contributed by atoms with Gasteiger partial charge in [-0.15, -0.1) is 0 Å². The molecular formula is C16H21NO5. The summed E-state index contributed by atoms with van der Waals surface area (Å²) in [6.07, 6.45) is -0.720. The van der Waals surface area contributed by atoms with E-state index in [0.29, 0.717) is 5.56 Å². The van der Waals surface area contributed by atoms with Crippen molar-refractivity contribution in [1.82, 2.24) is 5.32 Å². The number of hydrogen-bond acceptors (Lipinski definition) is 5. The van der Waals surface area contributed by atoms with Gasteiger partial charge in [-0.3, -0.25) is 9.59 Å². The molecule has 0 aliphatic heterocycles. The third-order valence-electron chi connectivity index (χ3n) is 3.17. The molecule has 2 atom stereocenters. The number of benzene rings is 1. The fraction of sp³-hybridized carbons (Fsp3) is 0.438. The van der Waals surface area contributed by atoms with Crippen LogP contribution in [0, 0.1) is 12.8 Å². The standard InChI is InChI=1S/C16H21NO5/c1-5-22-15(19)13(11(3)18)14(17-16(20)21-4)12-8-6-7-10(2)9-12/h6-9,13-14H,5H2,1-4H3,(H,17,20). The topological polar surface area (TPSA) is 81.7 Å². The normalized spacial score (nSPS) is 12.9. The molecule has 1 amide bonds. The van der Waals surface area contributed by atoms with Crippen LogP contribution >= 0.6 is 0 Å². The number of Topliss-reactive ketones (excluding diaryl/α,β-unsaturated/α-hetero) is 1. The maximum atomic E-state index is 12.1. The highest BCUT2D eigenvalue weighted by Gasteiger charge is 2.36. The van der Waals surface area contributed by atoms with Crippen molar-refractivity contribution < 1.29 is 23.9 Å². The Bertz CT molecular complexity index is 555. The molecule has 0 aliphatic carbocycles. The zero-order valence-corrected chi connectivity index (χ0v) is 13.2. The van der Waals surface area contributed by atoms with Gasteiger partial charge in [0.15, 0.2) is 0 Å². The number of carbonyl (C=O) groups is 3. The number of amides is 1. The van der Waals surface area contributed by atoms with E-state index in [0.717, 1.165) is 5.56 Å². The highest BCUT2D eigenvalue weighted by atomic mass is 16.5. The van der Waals surface area contributed by atoms with Crippen molar-refractivity contribution in [2.45, 2.75) is 26.8 Å². The maximum absolute atomic E-state index is 12.1. The van der Waals surface area contributed by atoms with Gasteiger partial charge in [0.2, 0.25) is 0 Å².